The molecule has 0 radical (unpaired) electrons. The van der Waals surface area contributed by atoms with Gasteiger partial charge in [0.2, 0.25) is 0 Å². The fraction of sp³-hybridized carbons (Fsp3) is 0.280. The summed E-state index contributed by atoms with van der Waals surface area (Å²) >= 11 is 1.68. The van der Waals surface area contributed by atoms with Gasteiger partial charge in [0, 0.05) is 11.6 Å². The van der Waals surface area contributed by atoms with E-state index < -0.39 is 5.97 Å². The van der Waals surface area contributed by atoms with Gasteiger partial charge >= 0.3 is 5.97 Å². The van der Waals surface area contributed by atoms with E-state index in [-0.39, 0.29) is 12.3 Å². The van der Waals surface area contributed by atoms with Crippen molar-refractivity contribution in [1.29, 1.82) is 0 Å². The molecular formula is C25H26N2O3S. The molecule has 1 unspecified atom stereocenters. The van der Waals surface area contributed by atoms with Crippen molar-refractivity contribution < 1.29 is 14.6 Å². The Morgan fingerprint density at radius 2 is 1.94 bits per heavy atom. The Hall–Kier alpha value is -3.12. The molecule has 160 valence electrons. The fourth-order valence-corrected chi connectivity index (χ4v) is 4.50. The van der Waals surface area contributed by atoms with Gasteiger partial charge in [-0.2, -0.15) is 0 Å². The number of aryl methyl sites for hydroxylation is 2. The minimum atomic E-state index is -0.784. The molecule has 0 spiro atoms. The minimum Gasteiger partial charge on any atom is -0.489 e. The maximum atomic E-state index is 10.9. The summed E-state index contributed by atoms with van der Waals surface area (Å²) < 4.78 is 8.29. The summed E-state index contributed by atoms with van der Waals surface area (Å²) in [6.07, 6.45) is 2.24. The summed E-state index contributed by atoms with van der Waals surface area (Å²) in [5, 5.41) is 13.4. The number of aromatic nitrogens is 2. The number of benzene rings is 2. The Labute approximate surface area is 185 Å². The maximum Gasteiger partial charge on any atom is 0.303 e. The molecule has 0 aliphatic heterocycles. The number of carbonyl (C=O) groups is 1. The minimum absolute atomic E-state index is 0.0227. The zero-order chi connectivity index (χ0) is 22.0. The second-order valence-electron chi connectivity index (χ2n) is 7.95. The first-order chi connectivity index (χ1) is 14.9. The number of rotatable bonds is 8. The molecule has 1 atom stereocenters. The van der Waals surface area contributed by atoms with Gasteiger partial charge in [-0.3, -0.25) is 4.79 Å². The predicted molar refractivity (Wildman–Crippen MR) is 124 cm³/mol. The molecule has 4 rings (SSSR count). The van der Waals surface area contributed by atoms with E-state index in [4.69, 9.17) is 9.84 Å². The van der Waals surface area contributed by atoms with Gasteiger partial charge in [0.1, 0.15) is 12.4 Å². The molecule has 2 heterocycles. The van der Waals surface area contributed by atoms with Crippen molar-refractivity contribution in [1.82, 2.24) is 9.55 Å². The Kier molecular flexibility index (Phi) is 6.09. The van der Waals surface area contributed by atoms with Crippen molar-refractivity contribution in [2.24, 2.45) is 0 Å². The van der Waals surface area contributed by atoms with Crippen molar-refractivity contribution in [3.8, 4) is 5.75 Å². The van der Waals surface area contributed by atoms with Gasteiger partial charge < -0.3 is 14.4 Å². The highest BCUT2D eigenvalue weighted by molar-refractivity contribution is 7.09. The van der Waals surface area contributed by atoms with Crippen molar-refractivity contribution in [3.05, 3.63) is 81.4 Å². The quantitative estimate of drug-likeness (QED) is 0.374. The molecule has 0 fully saturated rings. The Morgan fingerprint density at radius 1 is 1.16 bits per heavy atom. The molecule has 0 saturated heterocycles. The van der Waals surface area contributed by atoms with E-state index in [0.717, 1.165) is 34.1 Å². The maximum absolute atomic E-state index is 10.9. The van der Waals surface area contributed by atoms with E-state index >= 15 is 0 Å². The zero-order valence-corrected chi connectivity index (χ0v) is 18.8. The molecule has 5 nitrogen and oxygen atoms in total. The molecule has 2 aromatic carbocycles. The summed E-state index contributed by atoms with van der Waals surface area (Å²) in [5.74, 6) is -0.0297. The molecule has 1 N–H and O–H groups in total. The molecule has 6 heteroatoms. The smallest absolute Gasteiger partial charge is 0.303 e. The van der Waals surface area contributed by atoms with Gasteiger partial charge in [-0.05, 0) is 60.0 Å². The van der Waals surface area contributed by atoms with Crippen LogP contribution < -0.4 is 4.74 Å². The zero-order valence-electron chi connectivity index (χ0n) is 18.0. The molecule has 0 amide bonds. The lowest BCUT2D eigenvalue weighted by molar-refractivity contribution is -0.137. The normalized spacial score (nSPS) is 12.2. The van der Waals surface area contributed by atoms with Crippen LogP contribution in [0.4, 0.5) is 0 Å². The fourth-order valence-electron chi connectivity index (χ4n) is 3.90. The van der Waals surface area contributed by atoms with Crippen molar-refractivity contribution in [2.75, 3.05) is 0 Å². The summed E-state index contributed by atoms with van der Waals surface area (Å²) in [6.45, 7) is 7.33. The van der Waals surface area contributed by atoms with E-state index in [1.807, 2.05) is 38.1 Å². The monoisotopic (exact) mass is 434 g/mol. The van der Waals surface area contributed by atoms with Gasteiger partial charge in [-0.15, -0.1) is 11.3 Å². The first-order valence-corrected chi connectivity index (χ1v) is 11.2. The number of thiazole rings is 1. The second-order valence-corrected chi connectivity index (χ2v) is 9.01. The molecule has 2 aromatic heterocycles. The van der Waals surface area contributed by atoms with Crippen molar-refractivity contribution >= 4 is 28.2 Å². The molecule has 0 saturated carbocycles. The predicted octanol–water partition coefficient (Wildman–Crippen LogP) is 5.92. The van der Waals surface area contributed by atoms with E-state index in [1.165, 1.54) is 16.5 Å². The number of carboxylic acids is 1. The standard InChI is InChI=1S/C25H26N2O3S/c1-16(12-24(28)29)19-6-8-23(9-7-19)30-14-21-5-4-20-10-11-27(25(20)17(21)2)13-22-15-31-18(3)26-22/h4-11,15-16H,12-14H2,1-3H3,(H,28,29). The Balaban J connectivity index is 1.49. The lowest BCUT2D eigenvalue weighted by atomic mass is 9.98. The van der Waals surface area contributed by atoms with E-state index in [0.29, 0.717) is 6.61 Å². The van der Waals surface area contributed by atoms with E-state index in [2.05, 4.69) is 46.3 Å². The van der Waals surface area contributed by atoms with Crippen LogP contribution in [0.2, 0.25) is 0 Å². The van der Waals surface area contributed by atoms with Crippen molar-refractivity contribution in [2.45, 2.75) is 46.3 Å². The third-order valence-corrected chi connectivity index (χ3v) is 6.44. The van der Waals surface area contributed by atoms with Crippen LogP contribution in [-0.4, -0.2) is 20.6 Å². The van der Waals surface area contributed by atoms with Crippen LogP contribution in [-0.2, 0) is 17.9 Å². The van der Waals surface area contributed by atoms with Gasteiger partial charge in [-0.1, -0.05) is 31.2 Å². The number of aliphatic carboxylic acids is 1. The molecule has 0 aliphatic carbocycles. The summed E-state index contributed by atoms with van der Waals surface area (Å²) in [6, 6.07) is 14.1. The average Bonchev–Trinajstić information content (AvgIpc) is 3.34. The molecule has 4 aromatic rings. The summed E-state index contributed by atoms with van der Waals surface area (Å²) in [5.41, 5.74) is 5.65. The van der Waals surface area contributed by atoms with Crippen LogP contribution in [0.5, 0.6) is 5.75 Å². The largest absolute Gasteiger partial charge is 0.489 e. The van der Waals surface area contributed by atoms with Crippen LogP contribution in [0, 0.1) is 13.8 Å². The highest BCUT2D eigenvalue weighted by atomic mass is 32.1. The Bertz CT molecular complexity index is 1210. The molecule has 0 aliphatic rings. The van der Waals surface area contributed by atoms with Crippen LogP contribution in [0.1, 0.15) is 46.7 Å². The van der Waals surface area contributed by atoms with Crippen LogP contribution >= 0.6 is 11.3 Å². The summed E-state index contributed by atoms with van der Waals surface area (Å²) in [4.78, 5) is 15.5. The van der Waals surface area contributed by atoms with Gasteiger partial charge in [0.05, 0.1) is 29.2 Å². The third-order valence-electron chi connectivity index (χ3n) is 5.62. The third kappa shape index (κ3) is 4.80. The number of hydrogen-bond acceptors (Lipinski definition) is 4. The Morgan fingerprint density at radius 3 is 2.61 bits per heavy atom. The number of carboxylic acid groups (broad SMARTS) is 1. The van der Waals surface area contributed by atoms with Gasteiger partial charge in [0.15, 0.2) is 0 Å². The lowest BCUT2D eigenvalue weighted by Gasteiger charge is -2.13. The molecule has 31 heavy (non-hydrogen) atoms. The number of hydrogen-bond donors (Lipinski definition) is 1. The van der Waals surface area contributed by atoms with Crippen LogP contribution in [0.3, 0.4) is 0 Å². The van der Waals surface area contributed by atoms with Crippen LogP contribution in [0.25, 0.3) is 10.9 Å². The summed E-state index contributed by atoms with van der Waals surface area (Å²) in [7, 11) is 0. The first-order valence-electron chi connectivity index (χ1n) is 10.3. The SMILES string of the molecule is Cc1nc(Cn2ccc3ccc(COc4ccc(C(C)CC(=O)O)cc4)c(C)c32)cs1. The van der Waals surface area contributed by atoms with Crippen molar-refractivity contribution in [3.63, 3.8) is 0 Å². The number of fused-ring (bicyclic) bond motifs is 1. The lowest BCUT2D eigenvalue weighted by Crippen LogP contribution is -2.04. The van der Waals surface area contributed by atoms with Gasteiger partial charge in [-0.25, -0.2) is 4.98 Å². The second kappa shape index (κ2) is 8.94. The highest BCUT2D eigenvalue weighted by Gasteiger charge is 2.12. The van der Waals surface area contributed by atoms with E-state index in [9.17, 15) is 4.79 Å². The molecule has 0 bridgehead atoms. The van der Waals surface area contributed by atoms with Crippen LogP contribution in [0.15, 0.2) is 54.0 Å². The topological polar surface area (TPSA) is 64.4 Å². The van der Waals surface area contributed by atoms with Gasteiger partial charge in [0.25, 0.3) is 0 Å². The van der Waals surface area contributed by atoms with E-state index in [1.54, 1.807) is 11.3 Å². The number of ether oxygens (including phenoxy) is 1. The number of nitrogens with zero attached hydrogens (tertiary/aromatic N) is 2. The highest BCUT2D eigenvalue weighted by Crippen LogP contribution is 2.26. The first kappa shape index (κ1) is 21.1. The average molecular weight is 435 g/mol. The molecular weight excluding hydrogens is 408 g/mol.